The van der Waals surface area contributed by atoms with E-state index in [1.807, 2.05) is 0 Å². The third-order valence-corrected chi connectivity index (χ3v) is 3.77. The van der Waals surface area contributed by atoms with E-state index < -0.39 is 6.43 Å². The zero-order valence-corrected chi connectivity index (χ0v) is 10.5. The molecule has 0 amide bonds. The van der Waals surface area contributed by atoms with Gasteiger partial charge in [-0.05, 0) is 19.4 Å². The number of aromatic nitrogens is 2. The summed E-state index contributed by atoms with van der Waals surface area (Å²) in [7, 11) is 0. The van der Waals surface area contributed by atoms with Gasteiger partial charge in [-0.3, -0.25) is 0 Å². The molecule has 1 aromatic heterocycles. The third kappa shape index (κ3) is 2.90. The Morgan fingerprint density at radius 2 is 2.35 bits per heavy atom. The van der Waals surface area contributed by atoms with Gasteiger partial charge in [-0.25, -0.2) is 8.78 Å². The van der Waals surface area contributed by atoms with Crippen molar-refractivity contribution in [2.75, 3.05) is 24.5 Å². The summed E-state index contributed by atoms with van der Waals surface area (Å²) in [5, 5.41) is 11.1. The third-order valence-electron chi connectivity index (χ3n) is 2.80. The van der Waals surface area contributed by atoms with Crippen molar-refractivity contribution in [3.63, 3.8) is 0 Å². The van der Waals surface area contributed by atoms with Gasteiger partial charge in [0.05, 0.1) is 0 Å². The predicted octanol–water partition coefficient (Wildman–Crippen LogP) is 2.05. The van der Waals surface area contributed by atoms with Gasteiger partial charge in [-0.2, -0.15) is 0 Å². The number of hydrogen-bond donors (Lipinski definition) is 1. The lowest BCUT2D eigenvalue weighted by molar-refractivity contribution is 0.150. The number of halogens is 2. The highest BCUT2D eigenvalue weighted by atomic mass is 32.1. The molecule has 1 aliphatic rings. The molecule has 4 nitrogen and oxygen atoms in total. The number of hydrogen-bond acceptors (Lipinski definition) is 5. The number of anilines is 1. The lowest BCUT2D eigenvalue weighted by Gasteiger charge is -2.26. The SMILES string of the molecule is CCCN(c1nnc(C(F)F)s1)C1CCNC1. The quantitative estimate of drug-likeness (QED) is 0.882. The second-order valence-electron chi connectivity index (χ2n) is 4.06. The van der Waals surface area contributed by atoms with Crippen molar-refractivity contribution in [2.45, 2.75) is 32.2 Å². The molecule has 0 saturated carbocycles. The molecule has 0 bridgehead atoms. The summed E-state index contributed by atoms with van der Waals surface area (Å²) >= 11 is 1.00. The topological polar surface area (TPSA) is 41.1 Å². The zero-order chi connectivity index (χ0) is 12.3. The molecule has 96 valence electrons. The maximum Gasteiger partial charge on any atom is 0.291 e. The normalized spacial score (nSPS) is 20.1. The van der Waals surface area contributed by atoms with Crippen LogP contribution in [0.1, 0.15) is 31.2 Å². The van der Waals surface area contributed by atoms with Crippen LogP contribution in [0.15, 0.2) is 0 Å². The van der Waals surface area contributed by atoms with E-state index in [0.717, 1.165) is 43.8 Å². The molecule has 2 heterocycles. The monoisotopic (exact) mass is 262 g/mol. The maximum atomic E-state index is 12.5. The highest BCUT2D eigenvalue weighted by Crippen LogP contribution is 2.29. The zero-order valence-electron chi connectivity index (χ0n) is 9.70. The second-order valence-corrected chi connectivity index (χ2v) is 5.05. The Hall–Kier alpha value is -0.820. The molecule has 0 aromatic carbocycles. The lowest BCUT2D eigenvalue weighted by atomic mass is 10.2. The van der Waals surface area contributed by atoms with E-state index in [-0.39, 0.29) is 5.01 Å². The van der Waals surface area contributed by atoms with Crippen LogP contribution >= 0.6 is 11.3 Å². The Labute approximate surface area is 103 Å². The van der Waals surface area contributed by atoms with E-state index in [4.69, 9.17) is 0 Å². The van der Waals surface area contributed by atoms with E-state index >= 15 is 0 Å². The lowest BCUT2D eigenvalue weighted by Crippen LogP contribution is -2.37. The van der Waals surface area contributed by atoms with Gasteiger partial charge in [0.1, 0.15) is 0 Å². The Morgan fingerprint density at radius 1 is 1.53 bits per heavy atom. The smallest absolute Gasteiger partial charge is 0.291 e. The van der Waals surface area contributed by atoms with Crippen LogP contribution < -0.4 is 10.2 Å². The fourth-order valence-electron chi connectivity index (χ4n) is 2.01. The molecule has 1 atom stereocenters. The minimum absolute atomic E-state index is 0.188. The summed E-state index contributed by atoms with van der Waals surface area (Å²) in [6.07, 6.45) is -0.518. The fourth-order valence-corrected chi connectivity index (χ4v) is 2.81. The summed E-state index contributed by atoms with van der Waals surface area (Å²) in [5.41, 5.74) is 0. The van der Waals surface area contributed by atoms with Crippen LogP contribution in [0.3, 0.4) is 0 Å². The highest BCUT2D eigenvalue weighted by Gasteiger charge is 2.25. The molecule has 0 aliphatic carbocycles. The van der Waals surface area contributed by atoms with Crippen LogP contribution in [0, 0.1) is 0 Å². The Bertz CT molecular complexity index is 352. The summed E-state index contributed by atoms with van der Waals surface area (Å²) in [4.78, 5) is 2.10. The van der Waals surface area contributed by atoms with Gasteiger partial charge in [0.25, 0.3) is 6.43 Å². The first-order chi connectivity index (χ1) is 8.22. The Kier molecular flexibility index (Phi) is 4.22. The molecule has 1 saturated heterocycles. The van der Waals surface area contributed by atoms with Gasteiger partial charge in [-0.15, -0.1) is 10.2 Å². The van der Waals surface area contributed by atoms with Gasteiger partial charge in [-0.1, -0.05) is 18.3 Å². The average Bonchev–Trinajstić information content (AvgIpc) is 2.97. The minimum atomic E-state index is -2.52. The van der Waals surface area contributed by atoms with Crippen LogP contribution in [0.2, 0.25) is 0 Å². The average molecular weight is 262 g/mol. The molecule has 1 aromatic rings. The molecule has 1 N–H and O–H groups in total. The van der Waals surface area contributed by atoms with Crippen molar-refractivity contribution in [2.24, 2.45) is 0 Å². The molecular formula is C10H16F2N4S. The number of nitrogens with zero attached hydrogens (tertiary/aromatic N) is 3. The van der Waals surface area contributed by atoms with E-state index in [1.54, 1.807) is 0 Å². The maximum absolute atomic E-state index is 12.5. The predicted molar refractivity (Wildman–Crippen MR) is 63.8 cm³/mol. The second kappa shape index (κ2) is 5.68. The molecular weight excluding hydrogens is 246 g/mol. The van der Waals surface area contributed by atoms with Gasteiger partial charge < -0.3 is 10.2 Å². The van der Waals surface area contributed by atoms with E-state index in [1.165, 1.54) is 0 Å². The Morgan fingerprint density at radius 3 is 2.88 bits per heavy atom. The van der Waals surface area contributed by atoms with Crippen LogP contribution in [0.4, 0.5) is 13.9 Å². The van der Waals surface area contributed by atoms with Gasteiger partial charge in [0.2, 0.25) is 5.13 Å². The molecule has 1 aliphatic heterocycles. The minimum Gasteiger partial charge on any atom is -0.342 e. The summed E-state index contributed by atoms with van der Waals surface area (Å²) in [6, 6.07) is 0.355. The molecule has 1 fully saturated rings. The number of alkyl halides is 2. The van der Waals surface area contributed by atoms with Crippen molar-refractivity contribution in [1.29, 1.82) is 0 Å². The number of nitrogens with one attached hydrogen (secondary N) is 1. The summed E-state index contributed by atoms with van der Waals surface area (Å²) in [6.45, 7) is 4.78. The molecule has 17 heavy (non-hydrogen) atoms. The molecule has 2 rings (SSSR count). The molecule has 7 heteroatoms. The highest BCUT2D eigenvalue weighted by molar-refractivity contribution is 7.15. The van der Waals surface area contributed by atoms with Crippen molar-refractivity contribution < 1.29 is 8.78 Å². The first-order valence-electron chi connectivity index (χ1n) is 5.81. The van der Waals surface area contributed by atoms with E-state index in [2.05, 4.69) is 27.3 Å². The van der Waals surface area contributed by atoms with Crippen molar-refractivity contribution in [1.82, 2.24) is 15.5 Å². The molecule has 0 radical (unpaired) electrons. The first kappa shape index (κ1) is 12.6. The fraction of sp³-hybridized carbons (Fsp3) is 0.800. The first-order valence-corrected chi connectivity index (χ1v) is 6.63. The molecule has 1 unspecified atom stereocenters. The molecule has 0 spiro atoms. The largest absolute Gasteiger partial charge is 0.342 e. The van der Waals surface area contributed by atoms with Crippen molar-refractivity contribution >= 4 is 16.5 Å². The summed E-state index contributed by atoms with van der Waals surface area (Å²) in [5.74, 6) is 0. The van der Waals surface area contributed by atoms with Crippen LogP contribution in [0.25, 0.3) is 0 Å². The van der Waals surface area contributed by atoms with Crippen molar-refractivity contribution in [3.05, 3.63) is 5.01 Å². The van der Waals surface area contributed by atoms with Gasteiger partial charge >= 0.3 is 0 Å². The van der Waals surface area contributed by atoms with Crippen LogP contribution in [0.5, 0.6) is 0 Å². The van der Waals surface area contributed by atoms with Gasteiger partial charge in [0, 0.05) is 19.1 Å². The van der Waals surface area contributed by atoms with Crippen LogP contribution in [-0.4, -0.2) is 35.9 Å². The van der Waals surface area contributed by atoms with Crippen molar-refractivity contribution in [3.8, 4) is 0 Å². The van der Waals surface area contributed by atoms with E-state index in [0.29, 0.717) is 11.2 Å². The Balaban J connectivity index is 2.13. The van der Waals surface area contributed by atoms with Crippen LogP contribution in [-0.2, 0) is 0 Å². The standard InChI is InChI=1S/C10H16F2N4S/c1-2-5-16(7-3-4-13-6-7)10-15-14-9(17-10)8(11)12/h7-8,13H,2-6H2,1H3. The summed E-state index contributed by atoms with van der Waals surface area (Å²) < 4.78 is 25.0. The van der Waals surface area contributed by atoms with Gasteiger partial charge in [0.15, 0.2) is 5.01 Å². The number of rotatable bonds is 5. The van der Waals surface area contributed by atoms with E-state index in [9.17, 15) is 8.78 Å².